The molecule has 0 saturated carbocycles. The molecule has 0 amide bonds. The minimum absolute atomic E-state index is 0. The summed E-state index contributed by atoms with van der Waals surface area (Å²) in [7, 11) is 0. The van der Waals surface area contributed by atoms with Crippen molar-refractivity contribution in [3.05, 3.63) is 30.0 Å². The number of hydrogen-bond acceptors (Lipinski definition) is 5. The first-order valence-electron chi connectivity index (χ1n) is 7.71. The van der Waals surface area contributed by atoms with Gasteiger partial charge in [0.1, 0.15) is 0 Å². The molecule has 5 nitrogen and oxygen atoms in total. The number of aliphatic hydroxyl groups excluding tert-OH is 1. The Bertz CT molecular complexity index is 654. The maximum atomic E-state index is 9.71. The van der Waals surface area contributed by atoms with Crippen molar-refractivity contribution < 1.29 is 5.11 Å². The van der Waals surface area contributed by atoms with Crippen LogP contribution in [0.4, 0.5) is 5.82 Å². The van der Waals surface area contributed by atoms with Crippen LogP contribution in [-0.2, 0) is 0 Å². The van der Waals surface area contributed by atoms with Crippen molar-refractivity contribution in [1.82, 2.24) is 15.3 Å². The van der Waals surface area contributed by atoms with E-state index in [4.69, 9.17) is 9.97 Å². The molecular formula is C16H21ClN4O. The number of fused-ring (bicyclic) bond motifs is 1. The van der Waals surface area contributed by atoms with Crippen LogP contribution >= 0.6 is 12.4 Å². The van der Waals surface area contributed by atoms with E-state index in [1.807, 2.05) is 24.3 Å². The van der Waals surface area contributed by atoms with Crippen LogP contribution in [-0.4, -0.2) is 47.4 Å². The highest BCUT2D eigenvalue weighted by Gasteiger charge is 2.28. The van der Waals surface area contributed by atoms with E-state index in [1.165, 1.54) is 0 Å². The molecule has 2 saturated heterocycles. The number of piperidine rings is 1. The Morgan fingerprint density at radius 2 is 1.68 bits per heavy atom. The predicted molar refractivity (Wildman–Crippen MR) is 89.9 cm³/mol. The second kappa shape index (κ2) is 6.36. The molecule has 0 atom stereocenters. The minimum atomic E-state index is -0.163. The lowest BCUT2D eigenvalue weighted by Crippen LogP contribution is -2.43. The van der Waals surface area contributed by atoms with Gasteiger partial charge in [0, 0.05) is 32.1 Å². The number of nitrogens with one attached hydrogen (secondary N) is 1. The second-order valence-electron chi connectivity index (χ2n) is 5.99. The number of aromatic nitrogens is 2. The Labute approximate surface area is 136 Å². The van der Waals surface area contributed by atoms with Gasteiger partial charge in [0.15, 0.2) is 5.82 Å². The van der Waals surface area contributed by atoms with E-state index in [2.05, 4.69) is 10.2 Å². The number of hydrogen-bond donors (Lipinski definition) is 2. The number of para-hydroxylation sites is 2. The Balaban J connectivity index is 0.00000144. The fourth-order valence-electron chi connectivity index (χ4n) is 3.07. The van der Waals surface area contributed by atoms with Gasteiger partial charge in [-0.3, -0.25) is 0 Å². The van der Waals surface area contributed by atoms with Crippen LogP contribution < -0.4 is 10.2 Å². The predicted octanol–water partition coefficient (Wildman–Crippen LogP) is 1.70. The Kier molecular flexibility index (Phi) is 4.47. The Morgan fingerprint density at radius 1 is 1.05 bits per heavy atom. The third-order valence-corrected chi connectivity index (χ3v) is 4.51. The van der Waals surface area contributed by atoms with Gasteiger partial charge >= 0.3 is 0 Å². The van der Waals surface area contributed by atoms with E-state index in [-0.39, 0.29) is 18.5 Å². The van der Waals surface area contributed by atoms with Gasteiger partial charge in [-0.15, -0.1) is 12.4 Å². The SMILES string of the molecule is Cl.OC1CCN(c2nc3ccccc3nc2C2CNC2)CC1. The summed E-state index contributed by atoms with van der Waals surface area (Å²) in [6, 6.07) is 8.07. The molecule has 2 N–H and O–H groups in total. The van der Waals surface area contributed by atoms with Crippen molar-refractivity contribution in [3.8, 4) is 0 Å². The first-order chi connectivity index (χ1) is 10.3. The highest BCUT2D eigenvalue weighted by Crippen LogP contribution is 2.30. The average molecular weight is 321 g/mol. The summed E-state index contributed by atoms with van der Waals surface area (Å²) in [5, 5.41) is 13.0. The molecule has 118 valence electrons. The largest absolute Gasteiger partial charge is 0.393 e. The first kappa shape index (κ1) is 15.5. The Hall–Kier alpha value is -1.43. The number of aliphatic hydroxyl groups is 1. The number of nitrogens with zero attached hydrogens (tertiary/aromatic N) is 3. The van der Waals surface area contributed by atoms with Gasteiger partial charge < -0.3 is 15.3 Å². The lowest BCUT2D eigenvalue weighted by atomic mass is 9.97. The monoisotopic (exact) mass is 320 g/mol. The van der Waals surface area contributed by atoms with Gasteiger partial charge in [0.05, 0.1) is 22.8 Å². The first-order valence-corrected chi connectivity index (χ1v) is 7.71. The van der Waals surface area contributed by atoms with Crippen LogP contribution in [0.3, 0.4) is 0 Å². The maximum Gasteiger partial charge on any atom is 0.151 e. The zero-order valence-electron chi connectivity index (χ0n) is 12.4. The van der Waals surface area contributed by atoms with Crippen molar-refractivity contribution in [1.29, 1.82) is 0 Å². The molecule has 1 aromatic heterocycles. The lowest BCUT2D eigenvalue weighted by Gasteiger charge is -2.35. The molecule has 2 aliphatic rings. The van der Waals surface area contributed by atoms with Crippen LogP contribution in [0.15, 0.2) is 24.3 Å². The summed E-state index contributed by atoms with van der Waals surface area (Å²) in [5.74, 6) is 1.48. The molecule has 0 aliphatic carbocycles. The quantitative estimate of drug-likeness (QED) is 0.882. The molecule has 0 radical (unpaired) electrons. The molecule has 0 unspecified atom stereocenters. The fourth-order valence-corrected chi connectivity index (χ4v) is 3.07. The molecule has 2 fully saturated rings. The molecule has 22 heavy (non-hydrogen) atoms. The molecule has 6 heteroatoms. The van der Waals surface area contributed by atoms with Crippen molar-refractivity contribution >= 4 is 29.3 Å². The summed E-state index contributed by atoms with van der Waals surface area (Å²) in [6.45, 7) is 3.69. The van der Waals surface area contributed by atoms with E-state index in [1.54, 1.807) is 0 Å². The van der Waals surface area contributed by atoms with Crippen LogP contribution in [0.5, 0.6) is 0 Å². The lowest BCUT2D eigenvalue weighted by molar-refractivity contribution is 0.145. The average Bonchev–Trinajstić information content (AvgIpc) is 2.46. The van der Waals surface area contributed by atoms with Crippen LogP contribution in [0.1, 0.15) is 24.5 Å². The zero-order valence-corrected chi connectivity index (χ0v) is 13.2. The zero-order chi connectivity index (χ0) is 14.2. The summed E-state index contributed by atoms with van der Waals surface area (Å²) in [6.07, 6.45) is 1.47. The fraction of sp³-hybridized carbons (Fsp3) is 0.500. The van der Waals surface area contributed by atoms with Crippen LogP contribution in [0.25, 0.3) is 11.0 Å². The van der Waals surface area contributed by atoms with E-state index in [0.717, 1.165) is 61.6 Å². The summed E-state index contributed by atoms with van der Waals surface area (Å²) in [4.78, 5) is 12.1. The van der Waals surface area contributed by atoms with Crippen molar-refractivity contribution in [2.45, 2.75) is 24.9 Å². The maximum absolute atomic E-state index is 9.71. The van der Waals surface area contributed by atoms with E-state index < -0.39 is 0 Å². The van der Waals surface area contributed by atoms with Crippen LogP contribution in [0, 0.1) is 0 Å². The second-order valence-corrected chi connectivity index (χ2v) is 5.99. The highest BCUT2D eigenvalue weighted by molar-refractivity contribution is 5.85. The molecule has 1 aromatic carbocycles. The number of halogens is 1. The smallest absolute Gasteiger partial charge is 0.151 e. The standard InChI is InChI=1S/C16H20N4O.ClH/c21-12-5-7-20(8-6-12)16-15(11-9-17-10-11)18-13-3-1-2-4-14(13)19-16;/h1-4,11-12,17,21H,5-10H2;1H. The summed E-state index contributed by atoms with van der Waals surface area (Å²) < 4.78 is 0. The van der Waals surface area contributed by atoms with Gasteiger partial charge in [0.2, 0.25) is 0 Å². The number of benzene rings is 1. The van der Waals surface area contributed by atoms with Crippen molar-refractivity contribution in [3.63, 3.8) is 0 Å². The molecule has 0 bridgehead atoms. The highest BCUT2D eigenvalue weighted by atomic mass is 35.5. The van der Waals surface area contributed by atoms with Crippen molar-refractivity contribution in [2.24, 2.45) is 0 Å². The molecule has 4 rings (SSSR count). The topological polar surface area (TPSA) is 61.3 Å². The van der Waals surface area contributed by atoms with Crippen molar-refractivity contribution in [2.75, 3.05) is 31.1 Å². The molecule has 2 aliphatic heterocycles. The van der Waals surface area contributed by atoms with Gasteiger partial charge in [0.25, 0.3) is 0 Å². The minimum Gasteiger partial charge on any atom is -0.393 e. The normalized spacial score (nSPS) is 19.8. The third kappa shape index (κ3) is 2.76. The molecule has 2 aromatic rings. The van der Waals surface area contributed by atoms with Gasteiger partial charge in [-0.25, -0.2) is 9.97 Å². The molecule has 0 spiro atoms. The van der Waals surface area contributed by atoms with E-state index in [0.29, 0.717) is 5.92 Å². The van der Waals surface area contributed by atoms with Gasteiger partial charge in [-0.1, -0.05) is 12.1 Å². The van der Waals surface area contributed by atoms with Crippen LogP contribution in [0.2, 0.25) is 0 Å². The Morgan fingerprint density at radius 3 is 2.27 bits per heavy atom. The summed E-state index contributed by atoms with van der Waals surface area (Å²) in [5.41, 5.74) is 3.04. The summed E-state index contributed by atoms with van der Waals surface area (Å²) >= 11 is 0. The molecular weight excluding hydrogens is 300 g/mol. The number of anilines is 1. The molecule has 3 heterocycles. The third-order valence-electron chi connectivity index (χ3n) is 4.51. The van der Waals surface area contributed by atoms with Gasteiger partial charge in [-0.05, 0) is 25.0 Å². The van der Waals surface area contributed by atoms with Gasteiger partial charge in [-0.2, -0.15) is 0 Å². The number of rotatable bonds is 2. The van der Waals surface area contributed by atoms with E-state index in [9.17, 15) is 5.11 Å². The van der Waals surface area contributed by atoms with E-state index >= 15 is 0 Å².